The summed E-state index contributed by atoms with van der Waals surface area (Å²) in [6, 6.07) is 6.24. The summed E-state index contributed by atoms with van der Waals surface area (Å²) in [7, 11) is 0. The lowest BCUT2D eigenvalue weighted by molar-refractivity contribution is -0.497. The van der Waals surface area contributed by atoms with Crippen molar-refractivity contribution in [3.63, 3.8) is 0 Å². The highest BCUT2D eigenvalue weighted by Gasteiger charge is 2.54. The van der Waals surface area contributed by atoms with E-state index in [9.17, 15) is 14.9 Å². The highest BCUT2D eigenvalue weighted by molar-refractivity contribution is 7.13. The molecule has 3 rings (SSSR count). The Hall–Kier alpha value is -2.28. The molecule has 1 heterocycles. The number of rotatable bonds is 4. The molecule has 0 saturated heterocycles. The number of hydrogen-bond donors (Lipinski definition) is 0. The van der Waals surface area contributed by atoms with E-state index in [1.165, 1.54) is 11.3 Å². The lowest BCUT2D eigenvalue weighted by Gasteiger charge is -2.04. The minimum Gasteiger partial charge on any atom is -0.426 e. The molecule has 2 atom stereocenters. The molecule has 1 aliphatic rings. The predicted octanol–water partition coefficient (Wildman–Crippen LogP) is 2.69. The summed E-state index contributed by atoms with van der Waals surface area (Å²) in [6.07, 6.45) is 0.261. The minimum atomic E-state index is -0.790. The average Bonchev–Trinajstić information content (AvgIpc) is 3.15. The van der Waals surface area contributed by atoms with Crippen molar-refractivity contribution in [2.75, 3.05) is 0 Å². The number of thiazole rings is 1. The van der Waals surface area contributed by atoms with Crippen LogP contribution in [0.1, 0.15) is 12.1 Å². The Morgan fingerprint density at radius 1 is 1.52 bits per heavy atom. The molecule has 1 fully saturated rings. The molecule has 21 heavy (non-hydrogen) atoms. The zero-order chi connectivity index (χ0) is 15.0. The summed E-state index contributed by atoms with van der Waals surface area (Å²) in [6.45, 7) is 1.91. The number of nitrogens with zero attached hydrogens (tertiary/aromatic N) is 2. The van der Waals surface area contributed by atoms with Crippen molar-refractivity contribution in [1.82, 2.24) is 4.98 Å². The van der Waals surface area contributed by atoms with E-state index in [1.807, 2.05) is 18.4 Å². The Morgan fingerprint density at radius 3 is 2.95 bits per heavy atom. The molecule has 2 aromatic rings. The van der Waals surface area contributed by atoms with Gasteiger partial charge < -0.3 is 4.74 Å². The fraction of sp³-hybridized carbons (Fsp3) is 0.286. The molecular weight excluding hydrogens is 292 g/mol. The van der Waals surface area contributed by atoms with Gasteiger partial charge in [0.25, 0.3) is 0 Å². The summed E-state index contributed by atoms with van der Waals surface area (Å²) >= 11 is 1.51. The smallest absolute Gasteiger partial charge is 0.321 e. The van der Waals surface area contributed by atoms with Crippen molar-refractivity contribution in [3.05, 3.63) is 45.5 Å². The zero-order valence-electron chi connectivity index (χ0n) is 11.2. The van der Waals surface area contributed by atoms with E-state index in [4.69, 9.17) is 4.74 Å². The molecule has 0 unspecified atom stereocenters. The van der Waals surface area contributed by atoms with Crippen LogP contribution in [0, 0.1) is 23.0 Å². The standard InChI is InChI=1S/C14H12N2O4S/c1-8-7-21-13(15-8)9-3-2-4-10(5-9)20-14(17)11-6-12(11)16(18)19/h2-5,7,11-12H,6H2,1H3/t11-,12+/m0/s1. The van der Waals surface area contributed by atoms with Crippen LogP contribution in [0.15, 0.2) is 29.6 Å². The second-order valence-electron chi connectivity index (χ2n) is 4.94. The topological polar surface area (TPSA) is 82.3 Å². The second kappa shape index (κ2) is 5.25. The van der Waals surface area contributed by atoms with Crippen LogP contribution in [0.3, 0.4) is 0 Å². The van der Waals surface area contributed by atoms with Crippen LogP contribution >= 0.6 is 11.3 Å². The van der Waals surface area contributed by atoms with Crippen molar-refractivity contribution in [3.8, 4) is 16.3 Å². The third-order valence-electron chi connectivity index (χ3n) is 3.25. The van der Waals surface area contributed by atoms with Gasteiger partial charge in [-0.1, -0.05) is 12.1 Å². The van der Waals surface area contributed by atoms with E-state index < -0.39 is 22.9 Å². The summed E-state index contributed by atoms with van der Waals surface area (Å²) in [4.78, 5) is 26.3. The Morgan fingerprint density at radius 2 is 2.33 bits per heavy atom. The fourth-order valence-corrected chi connectivity index (χ4v) is 2.83. The Kier molecular flexibility index (Phi) is 3.42. The average molecular weight is 304 g/mol. The van der Waals surface area contributed by atoms with Gasteiger partial charge >= 0.3 is 5.97 Å². The van der Waals surface area contributed by atoms with Gasteiger partial charge in [-0.2, -0.15) is 0 Å². The molecule has 1 aromatic heterocycles. The lowest BCUT2D eigenvalue weighted by atomic mass is 10.2. The highest BCUT2D eigenvalue weighted by atomic mass is 32.1. The molecule has 0 bridgehead atoms. The van der Waals surface area contributed by atoms with E-state index in [0.717, 1.165) is 16.3 Å². The molecular formula is C14H12N2O4S. The number of hydrogen-bond acceptors (Lipinski definition) is 6. The molecule has 0 spiro atoms. The van der Waals surface area contributed by atoms with Gasteiger partial charge in [-0.05, 0) is 19.1 Å². The third kappa shape index (κ3) is 2.92. The third-order valence-corrected chi connectivity index (χ3v) is 4.26. The molecule has 108 valence electrons. The van der Waals surface area contributed by atoms with Gasteiger partial charge in [0.05, 0.1) is 0 Å². The molecule has 1 saturated carbocycles. The summed E-state index contributed by atoms with van der Waals surface area (Å²) < 4.78 is 5.22. The van der Waals surface area contributed by atoms with Crippen LogP contribution in [0.5, 0.6) is 5.75 Å². The number of esters is 1. The number of carbonyl (C=O) groups is 1. The Labute approximate surface area is 124 Å². The molecule has 1 aromatic carbocycles. The van der Waals surface area contributed by atoms with Crippen LogP contribution in [0.4, 0.5) is 0 Å². The molecule has 6 nitrogen and oxygen atoms in total. The van der Waals surface area contributed by atoms with Crippen molar-refractivity contribution in [2.45, 2.75) is 19.4 Å². The van der Waals surface area contributed by atoms with Gasteiger partial charge in [-0.3, -0.25) is 14.9 Å². The SMILES string of the molecule is Cc1csc(-c2cccc(OC(=O)[C@H]3C[C@H]3[N+](=O)[O-])c2)n1. The van der Waals surface area contributed by atoms with Crippen LogP contribution in [0.25, 0.3) is 10.6 Å². The van der Waals surface area contributed by atoms with E-state index in [2.05, 4.69) is 4.98 Å². The molecule has 0 N–H and O–H groups in total. The van der Waals surface area contributed by atoms with E-state index in [0.29, 0.717) is 5.75 Å². The summed E-state index contributed by atoms with van der Waals surface area (Å²) in [5, 5.41) is 13.4. The lowest BCUT2D eigenvalue weighted by Crippen LogP contribution is -2.16. The van der Waals surface area contributed by atoms with Gasteiger partial charge in [0, 0.05) is 28.0 Å². The first-order valence-electron chi connectivity index (χ1n) is 6.42. The second-order valence-corrected chi connectivity index (χ2v) is 5.80. The Balaban J connectivity index is 1.72. The summed E-state index contributed by atoms with van der Waals surface area (Å²) in [5.41, 5.74) is 1.80. The van der Waals surface area contributed by atoms with Gasteiger partial charge in [0.1, 0.15) is 16.7 Å². The number of ether oxygens (including phenoxy) is 1. The molecule has 0 amide bonds. The van der Waals surface area contributed by atoms with Crippen LogP contribution in [-0.4, -0.2) is 21.9 Å². The minimum absolute atomic E-state index is 0.261. The van der Waals surface area contributed by atoms with Crippen LogP contribution in [0.2, 0.25) is 0 Å². The predicted molar refractivity (Wildman–Crippen MR) is 76.8 cm³/mol. The quantitative estimate of drug-likeness (QED) is 0.375. The fourth-order valence-electron chi connectivity index (χ4n) is 2.04. The highest BCUT2D eigenvalue weighted by Crippen LogP contribution is 2.35. The van der Waals surface area contributed by atoms with Crippen LogP contribution in [-0.2, 0) is 4.79 Å². The summed E-state index contributed by atoms with van der Waals surface area (Å²) in [5.74, 6) is -0.769. The number of aromatic nitrogens is 1. The van der Waals surface area contributed by atoms with Gasteiger partial charge in [0.15, 0.2) is 0 Å². The first-order chi connectivity index (χ1) is 10.0. The first-order valence-corrected chi connectivity index (χ1v) is 7.30. The van der Waals surface area contributed by atoms with Gasteiger partial charge in [-0.25, -0.2) is 4.98 Å². The van der Waals surface area contributed by atoms with Crippen LogP contribution < -0.4 is 4.74 Å². The number of nitro groups is 1. The molecule has 0 radical (unpaired) electrons. The van der Waals surface area contributed by atoms with E-state index in [-0.39, 0.29) is 6.42 Å². The molecule has 7 heteroatoms. The van der Waals surface area contributed by atoms with E-state index >= 15 is 0 Å². The maximum absolute atomic E-state index is 11.8. The monoisotopic (exact) mass is 304 g/mol. The van der Waals surface area contributed by atoms with Crippen molar-refractivity contribution >= 4 is 17.3 Å². The van der Waals surface area contributed by atoms with E-state index in [1.54, 1.807) is 18.2 Å². The first kappa shape index (κ1) is 13.7. The number of benzene rings is 1. The van der Waals surface area contributed by atoms with Gasteiger partial charge in [0.2, 0.25) is 6.04 Å². The number of carbonyl (C=O) groups excluding carboxylic acids is 1. The van der Waals surface area contributed by atoms with Gasteiger partial charge in [-0.15, -0.1) is 11.3 Å². The largest absolute Gasteiger partial charge is 0.426 e. The van der Waals surface area contributed by atoms with Crippen molar-refractivity contribution in [1.29, 1.82) is 0 Å². The molecule has 0 aliphatic heterocycles. The molecule has 1 aliphatic carbocycles. The maximum atomic E-state index is 11.8. The maximum Gasteiger partial charge on any atom is 0.321 e. The van der Waals surface area contributed by atoms with Crippen molar-refractivity contribution < 1.29 is 14.5 Å². The number of aryl methyl sites for hydroxylation is 1. The zero-order valence-corrected chi connectivity index (χ0v) is 12.0. The normalized spacial score (nSPS) is 20.0. The van der Waals surface area contributed by atoms with Crippen molar-refractivity contribution in [2.24, 2.45) is 5.92 Å². The Bertz CT molecular complexity index is 713.